The second-order valence-corrected chi connectivity index (χ2v) is 12.1. The van der Waals surface area contributed by atoms with E-state index < -0.39 is 0 Å². The second-order valence-electron chi connectivity index (χ2n) is 12.1. The van der Waals surface area contributed by atoms with E-state index in [1.807, 2.05) is 12.1 Å². The normalized spacial score (nSPS) is 11.9. The van der Waals surface area contributed by atoms with Crippen LogP contribution in [-0.4, -0.2) is 4.98 Å². The molecule has 0 saturated heterocycles. The van der Waals surface area contributed by atoms with E-state index in [0.29, 0.717) is 0 Å². The Labute approximate surface area is 265 Å². The van der Waals surface area contributed by atoms with Crippen molar-refractivity contribution in [2.24, 2.45) is 0 Å². The van der Waals surface area contributed by atoms with E-state index >= 15 is 0 Å². The number of aromatic nitrogens is 1. The summed E-state index contributed by atoms with van der Waals surface area (Å²) in [5.74, 6) is 0. The van der Waals surface area contributed by atoms with E-state index in [0.717, 1.165) is 33.0 Å². The van der Waals surface area contributed by atoms with E-state index in [1.54, 1.807) is 0 Å². The number of aromatic amines is 1. The molecule has 2 heteroatoms. The van der Waals surface area contributed by atoms with Crippen molar-refractivity contribution in [2.45, 2.75) is 0 Å². The first-order valence-electron chi connectivity index (χ1n) is 15.8. The number of furan rings is 1. The van der Waals surface area contributed by atoms with Crippen LogP contribution in [0.1, 0.15) is 0 Å². The molecular formula is C44H27NO. The van der Waals surface area contributed by atoms with Crippen LogP contribution in [0.2, 0.25) is 0 Å². The Morgan fingerprint density at radius 1 is 0.348 bits per heavy atom. The number of rotatable bonds is 3. The molecule has 0 saturated carbocycles. The number of H-pyrrole nitrogens is 1. The molecule has 0 fully saturated rings. The van der Waals surface area contributed by atoms with Crippen LogP contribution < -0.4 is 0 Å². The fraction of sp³-hybridized carbons (Fsp3) is 0. The molecule has 46 heavy (non-hydrogen) atoms. The van der Waals surface area contributed by atoms with Gasteiger partial charge in [0.1, 0.15) is 5.58 Å². The highest BCUT2D eigenvalue weighted by molar-refractivity contribution is 6.22. The van der Waals surface area contributed by atoms with Gasteiger partial charge in [-0.25, -0.2) is 0 Å². The van der Waals surface area contributed by atoms with Gasteiger partial charge in [-0.3, -0.25) is 0 Å². The molecule has 8 aromatic carbocycles. The molecule has 10 aromatic rings. The van der Waals surface area contributed by atoms with Gasteiger partial charge in [0, 0.05) is 27.1 Å². The highest BCUT2D eigenvalue weighted by Crippen LogP contribution is 2.44. The fourth-order valence-corrected chi connectivity index (χ4v) is 7.54. The molecule has 10 rings (SSSR count). The summed E-state index contributed by atoms with van der Waals surface area (Å²) in [5.41, 5.74) is 11.4. The molecule has 214 valence electrons. The minimum absolute atomic E-state index is 0.913. The minimum atomic E-state index is 0.913. The van der Waals surface area contributed by atoms with E-state index in [9.17, 15) is 0 Å². The molecule has 0 atom stereocenters. The summed E-state index contributed by atoms with van der Waals surface area (Å²) in [4.78, 5) is 3.66. The van der Waals surface area contributed by atoms with Crippen LogP contribution in [0.4, 0.5) is 0 Å². The summed E-state index contributed by atoms with van der Waals surface area (Å²) in [6.07, 6.45) is 0. The lowest BCUT2D eigenvalue weighted by Gasteiger charge is -2.18. The van der Waals surface area contributed by atoms with Crippen molar-refractivity contribution in [3.63, 3.8) is 0 Å². The van der Waals surface area contributed by atoms with Crippen molar-refractivity contribution in [3.05, 3.63) is 158 Å². The molecule has 2 nitrogen and oxygen atoms in total. The summed E-state index contributed by atoms with van der Waals surface area (Å²) in [7, 11) is 0. The topological polar surface area (TPSA) is 28.9 Å². The van der Waals surface area contributed by atoms with E-state index in [1.165, 1.54) is 65.7 Å². The Balaban J connectivity index is 1.17. The summed E-state index contributed by atoms with van der Waals surface area (Å²) in [6, 6.07) is 56.9. The summed E-state index contributed by atoms with van der Waals surface area (Å²) in [6.45, 7) is 0. The molecule has 1 N–H and O–H groups in total. The maximum absolute atomic E-state index is 6.35. The van der Waals surface area contributed by atoms with Gasteiger partial charge in [-0.2, -0.15) is 0 Å². The smallest absolute Gasteiger partial charge is 0.159 e. The van der Waals surface area contributed by atoms with Crippen LogP contribution in [0.5, 0.6) is 0 Å². The van der Waals surface area contributed by atoms with Crippen molar-refractivity contribution >= 4 is 65.3 Å². The molecule has 0 bridgehead atoms. The number of benzene rings is 8. The maximum Gasteiger partial charge on any atom is 0.159 e. The van der Waals surface area contributed by atoms with Gasteiger partial charge in [-0.05, 0) is 85.3 Å². The summed E-state index contributed by atoms with van der Waals surface area (Å²) >= 11 is 0. The molecule has 2 aromatic heterocycles. The van der Waals surface area contributed by atoms with Gasteiger partial charge < -0.3 is 9.40 Å². The van der Waals surface area contributed by atoms with Crippen LogP contribution in [0.3, 0.4) is 0 Å². The monoisotopic (exact) mass is 585 g/mol. The van der Waals surface area contributed by atoms with Crippen LogP contribution in [-0.2, 0) is 0 Å². The van der Waals surface area contributed by atoms with Crippen LogP contribution >= 0.6 is 0 Å². The summed E-state index contributed by atoms with van der Waals surface area (Å²) < 4.78 is 6.35. The quantitative estimate of drug-likeness (QED) is 0.205. The van der Waals surface area contributed by atoms with Crippen LogP contribution in [0.25, 0.3) is 98.7 Å². The third-order valence-electron chi connectivity index (χ3n) is 9.59. The zero-order valence-electron chi connectivity index (χ0n) is 24.9. The van der Waals surface area contributed by atoms with Crippen LogP contribution in [0, 0.1) is 0 Å². The summed E-state index contributed by atoms with van der Waals surface area (Å²) in [5, 5.41) is 9.72. The third kappa shape index (κ3) is 3.65. The molecule has 0 aliphatic rings. The standard InChI is InChI=1S/C44H27NO/c1-2-11-27(12-3-1)41-32-16-4-6-18-34(32)42(35-19-7-5-17-33(35)41)30-14-10-13-28(25-30)29-21-24-39-38(26-29)36-22-23-37-31-15-8-9-20-40(31)46-44(37)43(36)45-39/h1-26,45H. The average Bonchev–Trinajstić information content (AvgIpc) is 3.69. The Morgan fingerprint density at radius 2 is 0.913 bits per heavy atom. The SMILES string of the molecule is c1ccc(-c2c3ccccc3c(-c3cccc(-c4ccc5[nH]c6c(ccc7c8ccccc8oc76)c5c4)c3)c3ccccc23)cc1. The molecular weight excluding hydrogens is 558 g/mol. The molecule has 0 radical (unpaired) electrons. The highest BCUT2D eigenvalue weighted by atomic mass is 16.3. The number of para-hydroxylation sites is 1. The van der Waals surface area contributed by atoms with E-state index in [-0.39, 0.29) is 0 Å². The van der Waals surface area contributed by atoms with Crippen molar-refractivity contribution in [1.29, 1.82) is 0 Å². The third-order valence-corrected chi connectivity index (χ3v) is 9.59. The molecule has 0 aliphatic carbocycles. The molecule has 0 unspecified atom stereocenters. The Kier molecular flexibility index (Phi) is 5.31. The fourth-order valence-electron chi connectivity index (χ4n) is 7.54. The highest BCUT2D eigenvalue weighted by Gasteiger charge is 2.18. The first-order chi connectivity index (χ1) is 22.8. The predicted molar refractivity (Wildman–Crippen MR) is 194 cm³/mol. The average molecular weight is 586 g/mol. The molecule has 0 spiro atoms. The van der Waals surface area contributed by atoms with Crippen molar-refractivity contribution in [3.8, 4) is 33.4 Å². The van der Waals surface area contributed by atoms with Gasteiger partial charge in [0.2, 0.25) is 0 Å². The Bertz CT molecular complexity index is 2740. The Morgan fingerprint density at radius 3 is 1.65 bits per heavy atom. The van der Waals surface area contributed by atoms with Crippen molar-refractivity contribution in [1.82, 2.24) is 4.98 Å². The lowest BCUT2D eigenvalue weighted by Crippen LogP contribution is -1.91. The van der Waals surface area contributed by atoms with Gasteiger partial charge in [0.15, 0.2) is 5.58 Å². The number of nitrogens with one attached hydrogen (secondary N) is 1. The molecule has 0 amide bonds. The number of fused-ring (bicyclic) bond motifs is 9. The largest absolute Gasteiger partial charge is 0.454 e. The van der Waals surface area contributed by atoms with E-state index in [2.05, 4.69) is 151 Å². The van der Waals surface area contributed by atoms with Gasteiger partial charge in [-0.15, -0.1) is 0 Å². The van der Waals surface area contributed by atoms with Gasteiger partial charge in [0.05, 0.1) is 5.52 Å². The molecule has 0 aliphatic heterocycles. The second kappa shape index (κ2) is 9.69. The lowest BCUT2D eigenvalue weighted by molar-refractivity contribution is 0.672. The van der Waals surface area contributed by atoms with Crippen molar-refractivity contribution in [2.75, 3.05) is 0 Å². The van der Waals surface area contributed by atoms with Gasteiger partial charge >= 0.3 is 0 Å². The number of hydrogen-bond donors (Lipinski definition) is 1. The lowest BCUT2D eigenvalue weighted by atomic mass is 9.85. The Hall–Kier alpha value is -6.12. The zero-order valence-corrected chi connectivity index (χ0v) is 24.9. The van der Waals surface area contributed by atoms with Crippen LogP contribution in [0.15, 0.2) is 162 Å². The molecule has 2 heterocycles. The first-order valence-corrected chi connectivity index (χ1v) is 15.8. The predicted octanol–water partition coefficient (Wildman–Crippen LogP) is 12.5. The van der Waals surface area contributed by atoms with Gasteiger partial charge in [-0.1, -0.05) is 127 Å². The number of hydrogen-bond acceptors (Lipinski definition) is 1. The van der Waals surface area contributed by atoms with Gasteiger partial charge in [0.25, 0.3) is 0 Å². The zero-order chi connectivity index (χ0) is 30.2. The first kappa shape index (κ1) is 25.2. The minimum Gasteiger partial charge on any atom is -0.454 e. The maximum atomic E-state index is 6.35. The van der Waals surface area contributed by atoms with Crippen molar-refractivity contribution < 1.29 is 4.42 Å². The van der Waals surface area contributed by atoms with E-state index in [4.69, 9.17) is 4.42 Å².